The molecule has 0 saturated carbocycles. The van der Waals surface area contributed by atoms with E-state index in [1.807, 2.05) is 30.3 Å². The second-order valence-corrected chi connectivity index (χ2v) is 9.27. The van der Waals surface area contributed by atoms with Gasteiger partial charge in [-0.25, -0.2) is 10.2 Å². The lowest BCUT2D eigenvalue weighted by Gasteiger charge is -2.27. The number of hydrazone groups is 1. The summed E-state index contributed by atoms with van der Waals surface area (Å²) < 4.78 is 5.11. The number of ether oxygens (including phenoxy) is 1. The van der Waals surface area contributed by atoms with Gasteiger partial charge in [0.2, 0.25) is 5.91 Å². The first-order chi connectivity index (χ1) is 19.2. The molecule has 0 fully saturated rings. The molecule has 0 bridgehead atoms. The minimum atomic E-state index is -1.07. The first-order valence-corrected chi connectivity index (χ1v) is 12.4. The molecular formula is C29H29N5O6. The largest absolute Gasteiger partial charge is 0.481 e. The van der Waals surface area contributed by atoms with Gasteiger partial charge in [0.15, 0.2) is 0 Å². The Labute approximate surface area is 231 Å². The van der Waals surface area contributed by atoms with Crippen molar-refractivity contribution in [3.8, 4) is 0 Å². The maximum absolute atomic E-state index is 13.0. The van der Waals surface area contributed by atoms with Crippen molar-refractivity contribution in [3.63, 3.8) is 0 Å². The van der Waals surface area contributed by atoms with E-state index in [9.17, 15) is 24.3 Å². The van der Waals surface area contributed by atoms with Crippen LogP contribution in [0.25, 0.3) is 0 Å². The van der Waals surface area contributed by atoms with Crippen molar-refractivity contribution in [3.05, 3.63) is 95.1 Å². The number of likely N-dealkylation sites (N-methyl/N-ethyl adjacent to an activating group) is 2. The molecule has 0 radical (unpaired) electrons. The average Bonchev–Trinajstić information content (AvgIpc) is 3.02. The lowest BCUT2D eigenvalue weighted by Crippen LogP contribution is -2.44. The van der Waals surface area contributed by atoms with Gasteiger partial charge in [0.25, 0.3) is 5.91 Å². The highest BCUT2D eigenvalue weighted by Gasteiger charge is 2.33. The highest BCUT2D eigenvalue weighted by molar-refractivity contribution is 6.05. The van der Waals surface area contributed by atoms with Gasteiger partial charge in [0.1, 0.15) is 12.6 Å². The van der Waals surface area contributed by atoms with Crippen molar-refractivity contribution in [1.82, 2.24) is 10.3 Å². The van der Waals surface area contributed by atoms with Crippen LogP contribution in [0.3, 0.4) is 0 Å². The van der Waals surface area contributed by atoms with Crippen molar-refractivity contribution in [2.24, 2.45) is 5.10 Å². The molecule has 1 aliphatic heterocycles. The second-order valence-electron chi connectivity index (χ2n) is 9.27. The van der Waals surface area contributed by atoms with E-state index in [0.29, 0.717) is 22.5 Å². The summed E-state index contributed by atoms with van der Waals surface area (Å²) in [5, 5.41) is 16.0. The summed E-state index contributed by atoms with van der Waals surface area (Å²) in [4.78, 5) is 52.1. The zero-order valence-corrected chi connectivity index (χ0v) is 22.0. The van der Waals surface area contributed by atoms with E-state index in [2.05, 4.69) is 15.8 Å². The molecular weight excluding hydrogens is 514 g/mol. The molecule has 1 heterocycles. The minimum Gasteiger partial charge on any atom is -0.481 e. The van der Waals surface area contributed by atoms with Crippen molar-refractivity contribution in [1.29, 1.82) is 0 Å². The second kappa shape index (κ2) is 12.6. The smallest absolute Gasteiger partial charge is 0.428 e. The van der Waals surface area contributed by atoms with E-state index in [1.54, 1.807) is 61.5 Å². The van der Waals surface area contributed by atoms with Crippen LogP contribution in [0.1, 0.15) is 33.5 Å². The molecule has 4 rings (SSSR count). The fourth-order valence-corrected chi connectivity index (χ4v) is 4.32. The molecule has 1 aliphatic rings. The van der Waals surface area contributed by atoms with Crippen molar-refractivity contribution < 1.29 is 29.0 Å². The van der Waals surface area contributed by atoms with E-state index in [0.717, 1.165) is 11.1 Å². The van der Waals surface area contributed by atoms with E-state index >= 15 is 0 Å². The molecule has 40 heavy (non-hydrogen) atoms. The molecule has 3 aromatic carbocycles. The van der Waals surface area contributed by atoms with Crippen molar-refractivity contribution >= 4 is 41.5 Å². The predicted molar refractivity (Wildman–Crippen MR) is 149 cm³/mol. The van der Waals surface area contributed by atoms with Crippen LogP contribution in [-0.2, 0) is 27.5 Å². The monoisotopic (exact) mass is 543 g/mol. The summed E-state index contributed by atoms with van der Waals surface area (Å²) in [7, 11) is 3.28. The summed E-state index contributed by atoms with van der Waals surface area (Å²) in [5.74, 6) is -1.73. The van der Waals surface area contributed by atoms with Gasteiger partial charge >= 0.3 is 12.1 Å². The van der Waals surface area contributed by atoms with Crippen LogP contribution in [0, 0.1) is 0 Å². The lowest BCUT2D eigenvalue weighted by molar-refractivity contribution is -0.141. The quantitative estimate of drug-likeness (QED) is 0.292. The topological polar surface area (TPSA) is 141 Å². The molecule has 11 nitrogen and oxygen atoms in total. The van der Waals surface area contributed by atoms with E-state index in [1.165, 1.54) is 11.1 Å². The number of carbonyl (C=O) groups excluding carboxylic acids is 3. The highest BCUT2D eigenvalue weighted by Crippen LogP contribution is 2.29. The fraction of sp³-hybridized carbons (Fsp3) is 0.207. The lowest BCUT2D eigenvalue weighted by atomic mass is 10.1. The van der Waals surface area contributed by atoms with Gasteiger partial charge in [-0.1, -0.05) is 42.5 Å². The predicted octanol–water partition coefficient (Wildman–Crippen LogP) is 3.45. The Bertz CT molecular complexity index is 1440. The minimum absolute atomic E-state index is 0.123. The molecule has 0 aliphatic carbocycles. The number of anilines is 2. The number of aliphatic carboxylic acids is 1. The maximum Gasteiger partial charge on any atom is 0.428 e. The Balaban J connectivity index is 1.39. The van der Waals surface area contributed by atoms with Gasteiger partial charge in [-0.15, -0.1) is 0 Å². The Morgan fingerprint density at radius 1 is 1.05 bits per heavy atom. The van der Waals surface area contributed by atoms with Crippen LogP contribution in [-0.4, -0.2) is 60.2 Å². The number of hydrogen-bond acceptors (Lipinski definition) is 7. The van der Waals surface area contributed by atoms with Gasteiger partial charge in [-0.05, 0) is 47.0 Å². The van der Waals surface area contributed by atoms with Gasteiger partial charge in [0, 0.05) is 37.6 Å². The van der Waals surface area contributed by atoms with Gasteiger partial charge in [-0.2, -0.15) is 5.10 Å². The third kappa shape index (κ3) is 7.01. The molecule has 1 unspecified atom stereocenters. The Morgan fingerprint density at radius 3 is 2.58 bits per heavy atom. The molecule has 3 N–H and O–H groups in total. The summed E-state index contributed by atoms with van der Waals surface area (Å²) in [6, 6.07) is 20.4. The first kappa shape index (κ1) is 27.8. The Hall–Kier alpha value is -5.19. The molecule has 206 valence electrons. The van der Waals surface area contributed by atoms with Crippen LogP contribution in [0.4, 0.5) is 16.2 Å². The van der Waals surface area contributed by atoms with Crippen molar-refractivity contribution in [2.75, 3.05) is 24.3 Å². The highest BCUT2D eigenvalue weighted by atomic mass is 16.6. The number of carboxylic acids is 1. The van der Waals surface area contributed by atoms with Crippen LogP contribution in [0.15, 0.2) is 77.9 Å². The number of benzene rings is 3. The maximum atomic E-state index is 13.0. The standard InChI is InChI=1S/C29H29N5O6/c1-33-17-22-14-21(11-12-24(22)34(2)25(28(33)38)15-26(35)36)27(37)31-23-10-6-9-20(13-23)16-30-32-29(39)40-18-19-7-4-3-5-8-19/h3-14,16,25H,15,17-18H2,1-2H3,(H,31,37)(H,32,39)(H,35,36). The molecule has 11 heteroatoms. The van der Waals surface area contributed by atoms with Crippen LogP contribution < -0.4 is 15.6 Å². The van der Waals surface area contributed by atoms with E-state index in [4.69, 9.17) is 4.74 Å². The number of carbonyl (C=O) groups is 4. The van der Waals surface area contributed by atoms with Gasteiger partial charge < -0.3 is 25.0 Å². The Kier molecular flexibility index (Phi) is 8.75. The molecule has 0 spiro atoms. The number of nitrogens with one attached hydrogen (secondary N) is 2. The zero-order chi connectivity index (χ0) is 28.6. The Morgan fingerprint density at radius 2 is 1.82 bits per heavy atom. The third-order valence-electron chi connectivity index (χ3n) is 6.35. The summed E-state index contributed by atoms with van der Waals surface area (Å²) in [5.41, 5.74) is 6.10. The van der Waals surface area contributed by atoms with Gasteiger partial charge in [-0.3, -0.25) is 14.4 Å². The normalized spacial score (nSPS) is 14.8. The average molecular weight is 544 g/mol. The van der Waals surface area contributed by atoms with Crippen LogP contribution in [0.5, 0.6) is 0 Å². The number of nitrogens with zero attached hydrogens (tertiary/aromatic N) is 3. The number of hydrogen-bond donors (Lipinski definition) is 3. The van der Waals surface area contributed by atoms with E-state index in [-0.39, 0.29) is 31.4 Å². The molecule has 3 aromatic rings. The number of amides is 3. The summed E-state index contributed by atoms with van der Waals surface area (Å²) in [6.45, 7) is 0.362. The molecule has 3 amide bonds. The van der Waals surface area contributed by atoms with E-state index < -0.39 is 18.1 Å². The first-order valence-electron chi connectivity index (χ1n) is 12.4. The SMILES string of the molecule is CN1Cc2cc(C(=O)Nc3cccc(C=NNC(=O)OCc4ccccc4)c3)ccc2N(C)C(CC(=O)O)C1=O. The summed E-state index contributed by atoms with van der Waals surface area (Å²) in [6.07, 6.45) is 0.406. The molecule has 1 atom stereocenters. The van der Waals surface area contributed by atoms with Crippen molar-refractivity contribution in [2.45, 2.75) is 25.6 Å². The summed E-state index contributed by atoms with van der Waals surface area (Å²) >= 11 is 0. The van der Waals surface area contributed by atoms with Crippen LogP contribution >= 0.6 is 0 Å². The number of carboxylic acid groups (broad SMARTS) is 1. The molecule has 0 saturated heterocycles. The number of fused-ring (bicyclic) bond motifs is 1. The number of rotatable bonds is 8. The molecule has 0 aromatic heterocycles. The third-order valence-corrected chi connectivity index (χ3v) is 6.35. The fourth-order valence-electron chi connectivity index (χ4n) is 4.32. The zero-order valence-electron chi connectivity index (χ0n) is 22.0. The van der Waals surface area contributed by atoms with Gasteiger partial charge in [0.05, 0.1) is 12.6 Å². The van der Waals surface area contributed by atoms with Crippen LogP contribution in [0.2, 0.25) is 0 Å².